The zero-order valence-corrected chi connectivity index (χ0v) is 9.41. The van der Waals surface area contributed by atoms with Crippen LogP contribution in [0.4, 0.5) is 0 Å². The normalized spacial score (nSPS) is 29.6. The number of nitrogens with zero attached hydrogens (tertiary/aromatic N) is 2. The van der Waals surface area contributed by atoms with E-state index >= 15 is 0 Å². The first-order valence-electron chi connectivity index (χ1n) is 5.21. The predicted molar refractivity (Wildman–Crippen MR) is 56.9 cm³/mol. The highest BCUT2D eigenvalue weighted by Crippen LogP contribution is 2.60. The summed E-state index contributed by atoms with van der Waals surface area (Å²) in [5, 5.41) is 4.32. The van der Waals surface area contributed by atoms with Gasteiger partial charge in [0.25, 0.3) is 0 Å². The Morgan fingerprint density at radius 2 is 2.07 bits per heavy atom. The molecule has 3 heteroatoms. The Kier molecular flexibility index (Phi) is 1.80. The molecule has 0 spiro atoms. The van der Waals surface area contributed by atoms with E-state index < -0.39 is 0 Å². The third kappa shape index (κ3) is 1.12. The number of rotatable bonds is 2. The molecule has 1 aromatic rings. The summed E-state index contributed by atoms with van der Waals surface area (Å²) in [7, 11) is 0. The predicted octanol–water partition coefficient (Wildman–Crippen LogP) is 2.05. The van der Waals surface area contributed by atoms with Crippen LogP contribution in [0.2, 0.25) is 0 Å². The average Bonchev–Trinajstić information content (AvgIpc) is 2.52. The van der Waals surface area contributed by atoms with Gasteiger partial charge in [0.15, 0.2) is 0 Å². The second kappa shape index (κ2) is 2.60. The first-order valence-corrected chi connectivity index (χ1v) is 5.21. The lowest BCUT2D eigenvalue weighted by Crippen LogP contribution is -2.29. The van der Waals surface area contributed by atoms with E-state index in [2.05, 4.69) is 38.9 Å². The zero-order valence-electron chi connectivity index (χ0n) is 9.41. The van der Waals surface area contributed by atoms with Crippen LogP contribution in [0, 0.1) is 5.41 Å². The fraction of sp³-hybridized carbons (Fsp3) is 0.727. The first-order chi connectivity index (χ1) is 6.38. The van der Waals surface area contributed by atoms with E-state index in [9.17, 15) is 0 Å². The lowest BCUT2D eigenvalue weighted by Gasteiger charge is -2.19. The Bertz CT molecular complexity index is 351. The minimum atomic E-state index is -0.159. The molecule has 1 fully saturated rings. The summed E-state index contributed by atoms with van der Waals surface area (Å²) in [6.45, 7) is 8.69. The van der Waals surface area contributed by atoms with Gasteiger partial charge in [0.1, 0.15) is 0 Å². The molecule has 78 valence electrons. The number of hydrogen-bond acceptors (Lipinski definition) is 2. The molecule has 1 aromatic heterocycles. The maximum Gasteiger partial charge on any atom is 0.0639 e. The smallest absolute Gasteiger partial charge is 0.0639 e. The third-order valence-corrected chi connectivity index (χ3v) is 3.42. The molecule has 1 atom stereocenters. The SMILES string of the molecule is CC(C)n1nccc1C1(N)CC1(C)C. The van der Waals surface area contributed by atoms with Gasteiger partial charge < -0.3 is 5.73 Å². The molecule has 2 N–H and O–H groups in total. The molecule has 1 saturated carbocycles. The van der Waals surface area contributed by atoms with Crippen molar-refractivity contribution >= 4 is 0 Å². The van der Waals surface area contributed by atoms with Gasteiger partial charge in [0.05, 0.1) is 11.2 Å². The van der Waals surface area contributed by atoms with Gasteiger partial charge in [0.2, 0.25) is 0 Å². The van der Waals surface area contributed by atoms with Crippen LogP contribution in [-0.4, -0.2) is 9.78 Å². The molecular weight excluding hydrogens is 174 g/mol. The minimum absolute atomic E-state index is 0.159. The molecule has 1 aliphatic rings. The summed E-state index contributed by atoms with van der Waals surface area (Å²) in [5.41, 5.74) is 7.61. The summed E-state index contributed by atoms with van der Waals surface area (Å²) in [4.78, 5) is 0. The van der Waals surface area contributed by atoms with Gasteiger partial charge in [0, 0.05) is 12.2 Å². The van der Waals surface area contributed by atoms with Crippen LogP contribution in [0.25, 0.3) is 0 Å². The molecule has 1 aliphatic carbocycles. The summed E-state index contributed by atoms with van der Waals surface area (Å²) >= 11 is 0. The molecule has 14 heavy (non-hydrogen) atoms. The Morgan fingerprint density at radius 3 is 2.50 bits per heavy atom. The number of aromatic nitrogens is 2. The quantitative estimate of drug-likeness (QED) is 0.781. The van der Waals surface area contributed by atoms with Gasteiger partial charge in [-0.05, 0) is 31.7 Å². The molecular formula is C11H19N3. The molecule has 0 bridgehead atoms. The van der Waals surface area contributed by atoms with Crippen molar-refractivity contribution in [2.24, 2.45) is 11.1 Å². The van der Waals surface area contributed by atoms with Gasteiger partial charge in [-0.2, -0.15) is 5.10 Å². The molecule has 1 heterocycles. The van der Waals surface area contributed by atoms with Crippen molar-refractivity contribution in [3.63, 3.8) is 0 Å². The van der Waals surface area contributed by atoms with Gasteiger partial charge >= 0.3 is 0 Å². The number of hydrogen-bond donors (Lipinski definition) is 1. The average molecular weight is 193 g/mol. The highest BCUT2D eigenvalue weighted by molar-refractivity contribution is 5.29. The molecule has 3 nitrogen and oxygen atoms in total. The van der Waals surface area contributed by atoms with E-state index in [0.29, 0.717) is 6.04 Å². The molecule has 0 radical (unpaired) electrons. The van der Waals surface area contributed by atoms with Crippen molar-refractivity contribution in [1.82, 2.24) is 9.78 Å². The van der Waals surface area contributed by atoms with E-state index in [1.54, 1.807) is 0 Å². The molecule has 0 aliphatic heterocycles. The summed E-state index contributed by atoms with van der Waals surface area (Å²) in [6.07, 6.45) is 2.90. The highest BCUT2D eigenvalue weighted by Gasteiger charge is 2.61. The van der Waals surface area contributed by atoms with E-state index in [4.69, 9.17) is 5.73 Å². The molecule has 1 unspecified atom stereocenters. The van der Waals surface area contributed by atoms with E-state index in [1.807, 2.05) is 10.9 Å². The first kappa shape index (κ1) is 9.71. The van der Waals surface area contributed by atoms with E-state index in [0.717, 1.165) is 6.42 Å². The molecule has 2 rings (SSSR count). The minimum Gasteiger partial charge on any atom is -0.320 e. The van der Waals surface area contributed by atoms with E-state index in [1.165, 1.54) is 5.69 Å². The maximum atomic E-state index is 6.37. The Balaban J connectivity index is 2.39. The lowest BCUT2D eigenvalue weighted by molar-refractivity contribution is 0.433. The van der Waals surface area contributed by atoms with Crippen molar-refractivity contribution in [3.05, 3.63) is 18.0 Å². The van der Waals surface area contributed by atoms with Gasteiger partial charge in [-0.25, -0.2) is 0 Å². The topological polar surface area (TPSA) is 43.8 Å². The third-order valence-electron chi connectivity index (χ3n) is 3.42. The fourth-order valence-electron chi connectivity index (χ4n) is 2.17. The molecule has 0 saturated heterocycles. The Labute approximate surface area is 85.3 Å². The standard InChI is InChI=1S/C11H19N3/c1-8(2)14-9(5-6-13-14)11(12)7-10(11,3)4/h5-6,8H,7,12H2,1-4H3. The summed E-state index contributed by atoms with van der Waals surface area (Å²) < 4.78 is 2.04. The zero-order chi connectivity index (χ0) is 10.6. The second-order valence-corrected chi connectivity index (χ2v) is 5.29. The molecule has 0 aromatic carbocycles. The number of nitrogens with two attached hydrogens (primary N) is 1. The van der Waals surface area contributed by atoms with Gasteiger partial charge in [-0.1, -0.05) is 13.8 Å². The van der Waals surface area contributed by atoms with Crippen LogP contribution in [-0.2, 0) is 5.54 Å². The van der Waals surface area contributed by atoms with Crippen molar-refractivity contribution in [2.75, 3.05) is 0 Å². The van der Waals surface area contributed by atoms with Gasteiger partial charge in [-0.3, -0.25) is 4.68 Å². The maximum absolute atomic E-state index is 6.37. The largest absolute Gasteiger partial charge is 0.320 e. The van der Waals surface area contributed by atoms with Crippen LogP contribution in [0.15, 0.2) is 12.3 Å². The van der Waals surface area contributed by atoms with Crippen LogP contribution in [0.5, 0.6) is 0 Å². The van der Waals surface area contributed by atoms with Crippen LogP contribution < -0.4 is 5.73 Å². The molecule has 0 amide bonds. The highest BCUT2D eigenvalue weighted by atomic mass is 15.3. The Hall–Kier alpha value is -0.830. The van der Waals surface area contributed by atoms with Crippen LogP contribution >= 0.6 is 0 Å². The summed E-state index contributed by atoms with van der Waals surface area (Å²) in [5.74, 6) is 0. The Morgan fingerprint density at radius 1 is 1.50 bits per heavy atom. The lowest BCUT2D eigenvalue weighted by atomic mass is 10.0. The van der Waals surface area contributed by atoms with Crippen molar-refractivity contribution < 1.29 is 0 Å². The summed E-state index contributed by atoms with van der Waals surface area (Å²) in [6, 6.07) is 2.44. The van der Waals surface area contributed by atoms with E-state index in [-0.39, 0.29) is 11.0 Å². The van der Waals surface area contributed by atoms with Crippen LogP contribution in [0.1, 0.15) is 45.9 Å². The van der Waals surface area contributed by atoms with Crippen molar-refractivity contribution in [3.8, 4) is 0 Å². The van der Waals surface area contributed by atoms with Crippen LogP contribution in [0.3, 0.4) is 0 Å². The van der Waals surface area contributed by atoms with Crippen molar-refractivity contribution in [2.45, 2.75) is 45.7 Å². The van der Waals surface area contributed by atoms with Crippen molar-refractivity contribution in [1.29, 1.82) is 0 Å². The second-order valence-electron chi connectivity index (χ2n) is 5.29. The fourth-order valence-corrected chi connectivity index (χ4v) is 2.17. The van der Waals surface area contributed by atoms with Gasteiger partial charge in [-0.15, -0.1) is 0 Å². The monoisotopic (exact) mass is 193 g/mol.